The molecule has 1 saturated heterocycles. The summed E-state index contributed by atoms with van der Waals surface area (Å²) in [7, 11) is -3.85. The molecule has 1 aliphatic rings. The number of carbonyl (C=O) groups excluding carboxylic acids is 1. The van der Waals surface area contributed by atoms with Gasteiger partial charge in [-0.15, -0.1) is 0 Å². The van der Waals surface area contributed by atoms with Crippen molar-refractivity contribution < 1.29 is 26.4 Å². The smallest absolute Gasteiger partial charge is 0.259 e. The Morgan fingerprint density at radius 3 is 2.11 bits per heavy atom. The Labute approximate surface area is 155 Å². The summed E-state index contributed by atoms with van der Waals surface area (Å²) in [6.07, 6.45) is 0.308. The van der Waals surface area contributed by atoms with Gasteiger partial charge in [0.2, 0.25) is 10.0 Å². The van der Waals surface area contributed by atoms with E-state index in [0.29, 0.717) is 6.42 Å². The van der Waals surface area contributed by atoms with Gasteiger partial charge in [-0.2, -0.15) is 4.31 Å². The quantitative estimate of drug-likeness (QED) is 0.799. The molecular formula is C18H17F3N2O3S. The zero-order chi connectivity index (χ0) is 19.6. The highest BCUT2D eigenvalue weighted by Gasteiger charge is 2.30. The molecule has 2 aromatic carbocycles. The molecule has 0 bridgehead atoms. The number of amides is 1. The molecule has 0 spiro atoms. The van der Waals surface area contributed by atoms with Gasteiger partial charge in [0.05, 0.1) is 4.90 Å². The van der Waals surface area contributed by atoms with Crippen LogP contribution in [0.15, 0.2) is 47.4 Å². The predicted molar refractivity (Wildman–Crippen MR) is 92.0 cm³/mol. The van der Waals surface area contributed by atoms with Gasteiger partial charge in [-0.3, -0.25) is 4.79 Å². The Bertz CT molecular complexity index is 929. The summed E-state index contributed by atoms with van der Waals surface area (Å²) in [4.78, 5) is 13.7. The number of rotatable bonds is 3. The molecule has 1 amide bonds. The molecule has 0 aromatic heterocycles. The molecule has 0 unspecified atom stereocenters. The van der Waals surface area contributed by atoms with E-state index in [1.165, 1.54) is 27.4 Å². The molecule has 0 aliphatic carbocycles. The Morgan fingerprint density at radius 1 is 0.852 bits per heavy atom. The minimum Gasteiger partial charge on any atom is -0.337 e. The second kappa shape index (κ2) is 7.69. The zero-order valence-electron chi connectivity index (χ0n) is 14.2. The molecule has 1 fully saturated rings. The van der Waals surface area contributed by atoms with Crippen molar-refractivity contribution in [2.24, 2.45) is 0 Å². The van der Waals surface area contributed by atoms with Gasteiger partial charge in [0.25, 0.3) is 5.91 Å². The maximum atomic E-state index is 13.9. The van der Waals surface area contributed by atoms with E-state index < -0.39 is 38.9 Å². The van der Waals surface area contributed by atoms with Crippen molar-refractivity contribution >= 4 is 15.9 Å². The van der Waals surface area contributed by atoms with E-state index in [4.69, 9.17) is 0 Å². The van der Waals surface area contributed by atoms with Gasteiger partial charge in [-0.25, -0.2) is 21.6 Å². The minimum atomic E-state index is -3.85. The lowest BCUT2D eigenvalue weighted by molar-refractivity contribution is 0.0754. The maximum absolute atomic E-state index is 13.9. The summed E-state index contributed by atoms with van der Waals surface area (Å²) >= 11 is 0. The van der Waals surface area contributed by atoms with Crippen LogP contribution in [-0.2, 0) is 10.0 Å². The van der Waals surface area contributed by atoms with Crippen LogP contribution in [0, 0.1) is 17.5 Å². The Morgan fingerprint density at radius 2 is 1.48 bits per heavy atom. The fraction of sp³-hybridized carbons (Fsp3) is 0.278. The first-order valence-electron chi connectivity index (χ1n) is 8.30. The summed E-state index contributed by atoms with van der Waals surface area (Å²) in [5, 5.41) is 0. The first kappa shape index (κ1) is 19.4. The average molecular weight is 398 g/mol. The highest BCUT2D eigenvalue weighted by molar-refractivity contribution is 7.89. The first-order valence-corrected chi connectivity index (χ1v) is 9.74. The van der Waals surface area contributed by atoms with Crippen LogP contribution in [0.2, 0.25) is 0 Å². The summed E-state index contributed by atoms with van der Waals surface area (Å²) in [5.41, 5.74) is -0.646. The number of nitrogens with zero attached hydrogens (tertiary/aromatic N) is 2. The van der Waals surface area contributed by atoms with Crippen molar-refractivity contribution in [1.29, 1.82) is 0 Å². The van der Waals surface area contributed by atoms with Gasteiger partial charge < -0.3 is 4.90 Å². The molecule has 1 heterocycles. The molecule has 1 aliphatic heterocycles. The summed E-state index contributed by atoms with van der Waals surface area (Å²) in [5.74, 6) is -3.28. The van der Waals surface area contributed by atoms with Gasteiger partial charge in [-0.1, -0.05) is 6.07 Å². The molecule has 0 saturated carbocycles. The standard InChI is InChI=1S/C18H17F3N2O3S/c19-13-5-7-14(8-6-13)27(25,26)23-10-2-9-22(11-12-23)18(24)17-15(20)3-1-4-16(17)21/h1,3-8H,2,9-12H2. The van der Waals surface area contributed by atoms with Crippen molar-refractivity contribution in [2.45, 2.75) is 11.3 Å². The van der Waals surface area contributed by atoms with E-state index in [9.17, 15) is 26.4 Å². The van der Waals surface area contributed by atoms with Crippen molar-refractivity contribution in [1.82, 2.24) is 9.21 Å². The topological polar surface area (TPSA) is 57.7 Å². The highest BCUT2D eigenvalue weighted by atomic mass is 32.2. The third kappa shape index (κ3) is 3.98. The lowest BCUT2D eigenvalue weighted by Gasteiger charge is -2.22. The lowest BCUT2D eigenvalue weighted by atomic mass is 10.1. The van der Waals surface area contributed by atoms with Crippen molar-refractivity contribution in [2.75, 3.05) is 26.2 Å². The molecule has 2 aromatic rings. The van der Waals surface area contributed by atoms with Crippen LogP contribution in [-0.4, -0.2) is 49.7 Å². The van der Waals surface area contributed by atoms with Crippen molar-refractivity contribution in [3.63, 3.8) is 0 Å². The summed E-state index contributed by atoms with van der Waals surface area (Å²) in [6, 6.07) is 7.63. The Hall–Kier alpha value is -2.39. The predicted octanol–water partition coefficient (Wildman–Crippen LogP) is 2.64. The molecule has 3 rings (SSSR count). The maximum Gasteiger partial charge on any atom is 0.259 e. The molecule has 9 heteroatoms. The van der Waals surface area contributed by atoms with Crippen LogP contribution >= 0.6 is 0 Å². The van der Waals surface area contributed by atoms with Crippen LogP contribution in [0.25, 0.3) is 0 Å². The fourth-order valence-electron chi connectivity index (χ4n) is 2.95. The van der Waals surface area contributed by atoms with Crippen LogP contribution in [0.5, 0.6) is 0 Å². The van der Waals surface area contributed by atoms with Crippen molar-refractivity contribution in [3.05, 3.63) is 65.5 Å². The molecule has 0 atom stereocenters. The van der Waals surface area contributed by atoms with E-state index in [2.05, 4.69) is 0 Å². The number of carbonyl (C=O) groups is 1. The van der Waals surface area contributed by atoms with Crippen LogP contribution in [0.4, 0.5) is 13.2 Å². The van der Waals surface area contributed by atoms with Gasteiger partial charge in [0, 0.05) is 26.2 Å². The molecular weight excluding hydrogens is 381 g/mol. The minimum absolute atomic E-state index is 0.00691. The van der Waals surface area contributed by atoms with Crippen LogP contribution in [0.3, 0.4) is 0 Å². The molecule has 0 radical (unpaired) electrons. The van der Waals surface area contributed by atoms with Gasteiger partial charge >= 0.3 is 0 Å². The average Bonchev–Trinajstić information content (AvgIpc) is 2.88. The van der Waals surface area contributed by atoms with E-state index in [1.807, 2.05) is 0 Å². The Balaban J connectivity index is 1.77. The van der Waals surface area contributed by atoms with Crippen molar-refractivity contribution in [3.8, 4) is 0 Å². The number of benzene rings is 2. The van der Waals surface area contributed by atoms with E-state index >= 15 is 0 Å². The van der Waals surface area contributed by atoms with Crippen LogP contribution < -0.4 is 0 Å². The fourth-order valence-corrected chi connectivity index (χ4v) is 4.42. The highest BCUT2D eigenvalue weighted by Crippen LogP contribution is 2.20. The SMILES string of the molecule is O=C(c1c(F)cccc1F)N1CCCN(S(=O)(=O)c2ccc(F)cc2)CC1. The Kier molecular flexibility index (Phi) is 5.52. The zero-order valence-corrected chi connectivity index (χ0v) is 15.1. The summed E-state index contributed by atoms with van der Waals surface area (Å²) < 4.78 is 67.3. The number of hydrogen-bond acceptors (Lipinski definition) is 3. The van der Waals surface area contributed by atoms with Crippen LogP contribution in [0.1, 0.15) is 16.8 Å². The van der Waals surface area contributed by atoms with Gasteiger partial charge in [0.15, 0.2) is 0 Å². The molecule has 27 heavy (non-hydrogen) atoms. The lowest BCUT2D eigenvalue weighted by Crippen LogP contribution is -2.38. The third-order valence-electron chi connectivity index (χ3n) is 4.37. The number of sulfonamides is 1. The van der Waals surface area contributed by atoms with E-state index in [0.717, 1.165) is 24.3 Å². The first-order chi connectivity index (χ1) is 12.8. The largest absolute Gasteiger partial charge is 0.337 e. The van der Waals surface area contributed by atoms with Gasteiger partial charge in [-0.05, 0) is 42.8 Å². The third-order valence-corrected chi connectivity index (χ3v) is 6.28. The summed E-state index contributed by atoms with van der Waals surface area (Å²) in [6.45, 7) is 0.278. The molecule has 0 N–H and O–H groups in total. The van der Waals surface area contributed by atoms with Gasteiger partial charge in [0.1, 0.15) is 23.0 Å². The number of hydrogen-bond donors (Lipinski definition) is 0. The monoisotopic (exact) mass is 398 g/mol. The van der Waals surface area contributed by atoms with E-state index in [-0.39, 0.29) is 31.1 Å². The molecule has 144 valence electrons. The molecule has 5 nitrogen and oxygen atoms in total. The second-order valence-corrected chi connectivity index (χ2v) is 8.04. The van der Waals surface area contributed by atoms with E-state index in [1.54, 1.807) is 0 Å². The number of halogens is 3. The second-order valence-electron chi connectivity index (χ2n) is 6.10. The normalized spacial score (nSPS) is 16.2.